The number of aromatic amines is 1. The molecule has 0 spiro atoms. The van der Waals surface area contributed by atoms with Gasteiger partial charge in [-0.05, 0) is 48.4 Å². The molecule has 0 bridgehead atoms. The van der Waals surface area contributed by atoms with Gasteiger partial charge in [-0.25, -0.2) is 0 Å². The smallest absolute Gasteiger partial charge is 0.256 e. The van der Waals surface area contributed by atoms with Gasteiger partial charge in [-0.1, -0.05) is 6.07 Å². The van der Waals surface area contributed by atoms with Crippen LogP contribution in [-0.4, -0.2) is 24.5 Å². The first-order valence-corrected chi connectivity index (χ1v) is 7.44. The molecule has 4 rings (SSSR count). The van der Waals surface area contributed by atoms with Gasteiger partial charge < -0.3 is 15.2 Å². The molecule has 4 heteroatoms. The molecule has 0 saturated carbocycles. The highest BCUT2D eigenvalue weighted by atomic mass is 16.1. The first-order chi connectivity index (χ1) is 10.7. The normalized spacial score (nSPS) is 13.4. The van der Waals surface area contributed by atoms with Gasteiger partial charge in [-0.3, -0.25) is 4.79 Å². The van der Waals surface area contributed by atoms with E-state index in [1.165, 1.54) is 11.3 Å². The van der Waals surface area contributed by atoms with Gasteiger partial charge in [-0.15, -0.1) is 0 Å². The fourth-order valence-electron chi connectivity index (χ4n) is 3.13. The lowest BCUT2D eigenvalue weighted by molar-refractivity contribution is 0.102. The minimum atomic E-state index is -0.0727. The summed E-state index contributed by atoms with van der Waals surface area (Å²) in [5, 5.41) is 3.96. The second kappa shape index (κ2) is 4.91. The Balaban J connectivity index is 1.64. The highest BCUT2D eigenvalue weighted by Gasteiger charge is 2.17. The fraction of sp³-hybridized carbons (Fsp3) is 0.167. The number of nitrogens with zero attached hydrogens (tertiary/aromatic N) is 1. The van der Waals surface area contributed by atoms with Gasteiger partial charge in [0.2, 0.25) is 0 Å². The molecule has 1 aliphatic rings. The zero-order valence-corrected chi connectivity index (χ0v) is 12.4. The predicted octanol–water partition coefficient (Wildman–Crippen LogP) is 3.41. The molecule has 2 aromatic carbocycles. The summed E-state index contributed by atoms with van der Waals surface area (Å²) in [5.74, 6) is -0.0727. The van der Waals surface area contributed by atoms with Crippen LogP contribution >= 0.6 is 0 Å². The number of aromatic nitrogens is 1. The number of likely N-dealkylation sites (N-methyl/N-ethyl adjacent to an activating group) is 1. The number of H-pyrrole nitrogens is 1. The van der Waals surface area contributed by atoms with E-state index in [2.05, 4.69) is 34.4 Å². The quantitative estimate of drug-likeness (QED) is 0.760. The van der Waals surface area contributed by atoms with Crippen LogP contribution in [0.5, 0.6) is 0 Å². The fourth-order valence-corrected chi connectivity index (χ4v) is 3.13. The van der Waals surface area contributed by atoms with Crippen LogP contribution in [0.15, 0.2) is 48.7 Å². The lowest BCUT2D eigenvalue weighted by atomic mass is 10.1. The third kappa shape index (κ3) is 2.04. The SMILES string of the molecule is CN1CCc2cc(NC(=O)c3cccc4[nH]ccc34)ccc21. The topological polar surface area (TPSA) is 48.1 Å². The Hall–Kier alpha value is -2.75. The summed E-state index contributed by atoms with van der Waals surface area (Å²) >= 11 is 0. The molecule has 2 heterocycles. The van der Waals surface area contributed by atoms with Crippen molar-refractivity contribution in [1.82, 2.24) is 4.98 Å². The van der Waals surface area contributed by atoms with E-state index in [-0.39, 0.29) is 5.91 Å². The summed E-state index contributed by atoms with van der Waals surface area (Å²) in [7, 11) is 2.09. The number of fused-ring (bicyclic) bond motifs is 2. The van der Waals surface area contributed by atoms with Crippen molar-refractivity contribution in [2.45, 2.75) is 6.42 Å². The second-order valence-corrected chi connectivity index (χ2v) is 5.71. The summed E-state index contributed by atoms with van der Waals surface area (Å²) in [6.07, 6.45) is 2.88. The monoisotopic (exact) mass is 291 g/mol. The number of carbonyl (C=O) groups excluding carboxylic acids is 1. The number of carbonyl (C=O) groups is 1. The number of rotatable bonds is 2. The van der Waals surface area contributed by atoms with Gasteiger partial charge in [0, 0.05) is 47.6 Å². The maximum atomic E-state index is 12.6. The van der Waals surface area contributed by atoms with Crippen molar-refractivity contribution < 1.29 is 4.79 Å². The van der Waals surface area contributed by atoms with E-state index in [1.807, 2.05) is 36.5 Å². The highest BCUT2D eigenvalue weighted by Crippen LogP contribution is 2.29. The lowest BCUT2D eigenvalue weighted by Gasteiger charge is -2.12. The first-order valence-electron chi connectivity index (χ1n) is 7.44. The Morgan fingerprint density at radius 3 is 3.05 bits per heavy atom. The molecule has 0 aliphatic carbocycles. The van der Waals surface area contributed by atoms with E-state index in [9.17, 15) is 4.79 Å². The van der Waals surface area contributed by atoms with Gasteiger partial charge in [0.05, 0.1) is 0 Å². The molecule has 1 aromatic heterocycles. The van der Waals surface area contributed by atoms with Crippen molar-refractivity contribution in [3.05, 3.63) is 59.8 Å². The molecule has 0 saturated heterocycles. The molecule has 0 atom stereocenters. The third-order valence-electron chi connectivity index (χ3n) is 4.30. The predicted molar refractivity (Wildman–Crippen MR) is 89.7 cm³/mol. The Kier molecular flexibility index (Phi) is 2.89. The van der Waals surface area contributed by atoms with Crippen molar-refractivity contribution in [2.75, 3.05) is 23.8 Å². The molecule has 110 valence electrons. The average molecular weight is 291 g/mol. The third-order valence-corrected chi connectivity index (χ3v) is 4.30. The van der Waals surface area contributed by atoms with Gasteiger partial charge in [0.25, 0.3) is 5.91 Å². The Morgan fingerprint density at radius 1 is 1.23 bits per heavy atom. The minimum absolute atomic E-state index is 0.0727. The highest BCUT2D eigenvalue weighted by molar-refractivity contribution is 6.12. The van der Waals surface area contributed by atoms with Gasteiger partial charge >= 0.3 is 0 Å². The van der Waals surface area contributed by atoms with E-state index in [4.69, 9.17) is 0 Å². The van der Waals surface area contributed by atoms with Crippen molar-refractivity contribution in [2.24, 2.45) is 0 Å². The summed E-state index contributed by atoms with van der Waals surface area (Å²) in [6.45, 7) is 1.04. The molecular formula is C18H17N3O. The van der Waals surface area contributed by atoms with E-state index in [1.54, 1.807) is 0 Å². The van der Waals surface area contributed by atoms with Crippen LogP contribution in [0, 0.1) is 0 Å². The second-order valence-electron chi connectivity index (χ2n) is 5.71. The Morgan fingerprint density at radius 2 is 2.14 bits per heavy atom. The molecule has 4 nitrogen and oxygen atoms in total. The number of hydrogen-bond donors (Lipinski definition) is 2. The molecule has 3 aromatic rings. The largest absolute Gasteiger partial charge is 0.374 e. The van der Waals surface area contributed by atoms with Crippen molar-refractivity contribution in [3.8, 4) is 0 Å². The van der Waals surface area contributed by atoms with Crippen LogP contribution < -0.4 is 10.2 Å². The van der Waals surface area contributed by atoms with E-state index in [0.29, 0.717) is 5.56 Å². The molecule has 2 N–H and O–H groups in total. The standard InChI is InChI=1S/C18H17N3O/c1-21-10-8-12-11-13(5-6-17(12)21)20-18(22)15-3-2-4-16-14(15)7-9-19-16/h2-7,9,11,19H,8,10H2,1H3,(H,20,22). The summed E-state index contributed by atoms with van der Waals surface area (Å²) in [5.41, 5.74) is 5.07. The number of amides is 1. The molecule has 0 unspecified atom stereocenters. The maximum Gasteiger partial charge on any atom is 0.256 e. The molecule has 1 amide bonds. The molecule has 0 fully saturated rings. The number of anilines is 2. The van der Waals surface area contributed by atoms with E-state index < -0.39 is 0 Å². The summed E-state index contributed by atoms with van der Waals surface area (Å²) in [4.78, 5) is 17.9. The van der Waals surface area contributed by atoms with Gasteiger partial charge in [0.1, 0.15) is 0 Å². The zero-order chi connectivity index (χ0) is 15.1. The number of hydrogen-bond acceptors (Lipinski definition) is 2. The average Bonchev–Trinajstić information content (AvgIpc) is 3.13. The molecule has 1 aliphatic heterocycles. The van der Waals surface area contributed by atoms with Crippen molar-refractivity contribution in [3.63, 3.8) is 0 Å². The van der Waals surface area contributed by atoms with Crippen LogP contribution in [0.4, 0.5) is 11.4 Å². The Labute approximate surface area is 128 Å². The van der Waals surface area contributed by atoms with Crippen LogP contribution in [0.2, 0.25) is 0 Å². The van der Waals surface area contributed by atoms with Crippen LogP contribution in [0.3, 0.4) is 0 Å². The maximum absolute atomic E-state index is 12.6. The number of benzene rings is 2. The zero-order valence-electron chi connectivity index (χ0n) is 12.4. The Bertz CT molecular complexity index is 866. The van der Waals surface area contributed by atoms with E-state index >= 15 is 0 Å². The lowest BCUT2D eigenvalue weighted by Crippen LogP contribution is -2.13. The van der Waals surface area contributed by atoms with Gasteiger partial charge in [-0.2, -0.15) is 0 Å². The van der Waals surface area contributed by atoms with Crippen LogP contribution in [0.25, 0.3) is 10.9 Å². The molecule has 0 radical (unpaired) electrons. The summed E-state index contributed by atoms with van der Waals surface area (Å²) < 4.78 is 0. The molecular weight excluding hydrogens is 274 g/mol. The minimum Gasteiger partial charge on any atom is -0.374 e. The first kappa shape index (κ1) is 13.0. The van der Waals surface area contributed by atoms with Crippen molar-refractivity contribution >= 4 is 28.2 Å². The number of nitrogens with one attached hydrogen (secondary N) is 2. The molecule has 22 heavy (non-hydrogen) atoms. The van der Waals surface area contributed by atoms with Crippen LogP contribution in [0.1, 0.15) is 15.9 Å². The van der Waals surface area contributed by atoms with Gasteiger partial charge in [0.15, 0.2) is 0 Å². The summed E-state index contributed by atoms with van der Waals surface area (Å²) in [6, 6.07) is 13.8. The van der Waals surface area contributed by atoms with Crippen molar-refractivity contribution in [1.29, 1.82) is 0 Å². The van der Waals surface area contributed by atoms with Crippen LogP contribution in [-0.2, 0) is 6.42 Å². The van der Waals surface area contributed by atoms with E-state index in [0.717, 1.165) is 29.6 Å².